The molecule has 0 bridgehead atoms. The van der Waals surface area contributed by atoms with Crippen molar-refractivity contribution >= 4 is 0 Å². The Bertz CT molecular complexity index is 307. The van der Waals surface area contributed by atoms with Crippen molar-refractivity contribution in [1.82, 2.24) is 10.1 Å². The first-order chi connectivity index (χ1) is 7.63. The van der Waals surface area contributed by atoms with E-state index in [0.717, 1.165) is 0 Å². The number of nitrogens with two attached hydrogens (primary N) is 1. The first-order valence-corrected chi connectivity index (χ1v) is 5.02. The largest absolute Gasteiger partial charge is 0.375 e. The Morgan fingerprint density at radius 2 is 2.25 bits per heavy atom. The number of alkyl halides is 2. The van der Waals surface area contributed by atoms with Crippen molar-refractivity contribution in [2.24, 2.45) is 5.73 Å². The fourth-order valence-electron chi connectivity index (χ4n) is 1.01. The number of hydrogen-bond donors (Lipinski definition) is 1. The zero-order valence-corrected chi connectivity index (χ0v) is 9.03. The number of ether oxygens (including phenoxy) is 1. The van der Waals surface area contributed by atoms with E-state index in [2.05, 4.69) is 10.1 Å². The molecule has 0 amide bonds. The van der Waals surface area contributed by atoms with Gasteiger partial charge in [0, 0.05) is 18.9 Å². The summed E-state index contributed by atoms with van der Waals surface area (Å²) in [4.78, 5) is 4.07. The molecule has 0 radical (unpaired) electrons. The number of hydrogen-bond acceptors (Lipinski definition) is 5. The Labute approximate surface area is 92.0 Å². The van der Waals surface area contributed by atoms with E-state index in [9.17, 15) is 8.78 Å². The Morgan fingerprint density at radius 1 is 1.50 bits per heavy atom. The molecule has 0 spiro atoms. The monoisotopic (exact) mass is 235 g/mol. The van der Waals surface area contributed by atoms with Gasteiger partial charge >= 0.3 is 0 Å². The fourth-order valence-corrected chi connectivity index (χ4v) is 1.01. The number of rotatable bonds is 7. The smallest absolute Gasteiger partial charge is 0.261 e. The number of halogens is 2. The third kappa shape index (κ3) is 4.19. The summed E-state index contributed by atoms with van der Waals surface area (Å²) in [7, 11) is 0. The predicted octanol–water partition coefficient (Wildman–Crippen LogP) is 0.956. The van der Waals surface area contributed by atoms with Gasteiger partial charge in [-0.15, -0.1) is 0 Å². The standard InChI is InChI=1S/C9H15F2N3O2/c1-6(4-12)9-13-8(14-16-9)2-3-15-5-7(10)11/h6-7H,2-5,12H2,1H3. The van der Waals surface area contributed by atoms with E-state index < -0.39 is 13.0 Å². The molecule has 2 N–H and O–H groups in total. The quantitative estimate of drug-likeness (QED) is 0.712. The lowest BCUT2D eigenvalue weighted by molar-refractivity contribution is 0.0182. The highest BCUT2D eigenvalue weighted by molar-refractivity contribution is 4.92. The molecule has 1 rings (SSSR count). The summed E-state index contributed by atoms with van der Waals surface area (Å²) in [6.45, 7) is 1.87. The van der Waals surface area contributed by atoms with Crippen LogP contribution in [0, 0.1) is 0 Å². The minimum Gasteiger partial charge on any atom is -0.375 e. The Kier molecular flexibility index (Phi) is 5.27. The lowest BCUT2D eigenvalue weighted by atomic mass is 10.2. The minimum atomic E-state index is -2.45. The van der Waals surface area contributed by atoms with Gasteiger partial charge in [-0.05, 0) is 0 Å². The molecule has 1 atom stereocenters. The third-order valence-electron chi connectivity index (χ3n) is 1.97. The zero-order valence-electron chi connectivity index (χ0n) is 9.03. The van der Waals surface area contributed by atoms with Gasteiger partial charge in [0.25, 0.3) is 6.43 Å². The van der Waals surface area contributed by atoms with Gasteiger partial charge in [0.05, 0.1) is 6.61 Å². The van der Waals surface area contributed by atoms with Gasteiger partial charge < -0.3 is 15.0 Å². The van der Waals surface area contributed by atoms with Crippen LogP contribution in [-0.4, -0.2) is 36.3 Å². The lowest BCUT2D eigenvalue weighted by Gasteiger charge is -2.00. The molecule has 1 aromatic heterocycles. The van der Waals surface area contributed by atoms with E-state index in [4.69, 9.17) is 15.0 Å². The maximum atomic E-state index is 11.7. The second-order valence-electron chi connectivity index (χ2n) is 3.40. The van der Waals surface area contributed by atoms with Crippen LogP contribution in [0.5, 0.6) is 0 Å². The normalized spacial score (nSPS) is 13.3. The molecule has 0 fully saturated rings. The highest BCUT2D eigenvalue weighted by atomic mass is 19.3. The summed E-state index contributed by atoms with van der Waals surface area (Å²) in [5, 5.41) is 3.69. The van der Waals surface area contributed by atoms with E-state index in [-0.39, 0.29) is 12.5 Å². The van der Waals surface area contributed by atoms with Crippen LogP contribution < -0.4 is 5.73 Å². The summed E-state index contributed by atoms with van der Waals surface area (Å²) >= 11 is 0. The summed E-state index contributed by atoms with van der Waals surface area (Å²) in [5.41, 5.74) is 5.43. The summed E-state index contributed by atoms with van der Waals surface area (Å²) in [6.07, 6.45) is -2.09. The third-order valence-corrected chi connectivity index (χ3v) is 1.97. The topological polar surface area (TPSA) is 74.2 Å². The van der Waals surface area contributed by atoms with Gasteiger partial charge in [-0.25, -0.2) is 8.78 Å². The summed E-state index contributed by atoms with van der Waals surface area (Å²) in [5.74, 6) is 0.916. The number of nitrogens with zero attached hydrogens (tertiary/aromatic N) is 2. The van der Waals surface area contributed by atoms with Crippen molar-refractivity contribution in [3.8, 4) is 0 Å². The summed E-state index contributed by atoms with van der Waals surface area (Å²) in [6, 6.07) is 0. The molecular weight excluding hydrogens is 220 g/mol. The van der Waals surface area contributed by atoms with Crippen LogP contribution in [-0.2, 0) is 11.2 Å². The first-order valence-electron chi connectivity index (χ1n) is 5.02. The molecule has 92 valence electrons. The van der Waals surface area contributed by atoms with Crippen LogP contribution in [0.25, 0.3) is 0 Å². The van der Waals surface area contributed by atoms with Crippen LogP contribution in [0.15, 0.2) is 4.52 Å². The van der Waals surface area contributed by atoms with Gasteiger partial charge in [0.1, 0.15) is 6.61 Å². The van der Waals surface area contributed by atoms with E-state index in [1.165, 1.54) is 0 Å². The van der Waals surface area contributed by atoms with Crippen LogP contribution in [0.2, 0.25) is 0 Å². The van der Waals surface area contributed by atoms with E-state index in [1.807, 2.05) is 6.92 Å². The fraction of sp³-hybridized carbons (Fsp3) is 0.778. The second kappa shape index (κ2) is 6.49. The molecule has 1 aromatic rings. The van der Waals surface area contributed by atoms with Crippen molar-refractivity contribution in [3.05, 3.63) is 11.7 Å². The molecule has 0 aliphatic heterocycles. The molecule has 0 aromatic carbocycles. The van der Waals surface area contributed by atoms with E-state index >= 15 is 0 Å². The van der Waals surface area contributed by atoms with Crippen LogP contribution in [0.1, 0.15) is 24.6 Å². The van der Waals surface area contributed by atoms with E-state index in [1.54, 1.807) is 0 Å². The van der Waals surface area contributed by atoms with Crippen LogP contribution in [0.3, 0.4) is 0 Å². The molecule has 1 heterocycles. The second-order valence-corrected chi connectivity index (χ2v) is 3.40. The molecule has 0 saturated heterocycles. The van der Waals surface area contributed by atoms with Crippen LogP contribution >= 0.6 is 0 Å². The first kappa shape index (κ1) is 13.0. The molecule has 0 aliphatic carbocycles. The Balaban J connectivity index is 2.29. The highest BCUT2D eigenvalue weighted by Gasteiger charge is 2.12. The molecular formula is C9H15F2N3O2. The molecule has 1 unspecified atom stereocenters. The van der Waals surface area contributed by atoms with E-state index in [0.29, 0.717) is 24.7 Å². The Morgan fingerprint density at radius 3 is 2.88 bits per heavy atom. The van der Waals surface area contributed by atoms with Crippen LogP contribution in [0.4, 0.5) is 8.78 Å². The number of aromatic nitrogens is 2. The zero-order chi connectivity index (χ0) is 12.0. The molecule has 7 heteroatoms. The van der Waals surface area contributed by atoms with Crippen molar-refractivity contribution in [1.29, 1.82) is 0 Å². The van der Waals surface area contributed by atoms with Crippen molar-refractivity contribution in [2.75, 3.05) is 19.8 Å². The van der Waals surface area contributed by atoms with Gasteiger partial charge in [-0.2, -0.15) is 4.98 Å². The van der Waals surface area contributed by atoms with Gasteiger partial charge in [-0.3, -0.25) is 0 Å². The maximum absolute atomic E-state index is 11.7. The highest BCUT2D eigenvalue weighted by Crippen LogP contribution is 2.10. The minimum absolute atomic E-state index is 0.00299. The molecule has 0 aliphatic rings. The lowest BCUT2D eigenvalue weighted by Crippen LogP contribution is -2.10. The average molecular weight is 235 g/mol. The van der Waals surface area contributed by atoms with Crippen molar-refractivity contribution in [2.45, 2.75) is 25.7 Å². The SMILES string of the molecule is CC(CN)c1nc(CCOCC(F)F)no1. The molecule has 16 heavy (non-hydrogen) atoms. The molecule has 5 nitrogen and oxygen atoms in total. The average Bonchev–Trinajstić information content (AvgIpc) is 2.71. The summed E-state index contributed by atoms with van der Waals surface area (Å²) < 4.78 is 33.1. The van der Waals surface area contributed by atoms with Crippen molar-refractivity contribution in [3.63, 3.8) is 0 Å². The van der Waals surface area contributed by atoms with Crippen molar-refractivity contribution < 1.29 is 18.0 Å². The Hall–Kier alpha value is -1.08. The maximum Gasteiger partial charge on any atom is 0.261 e. The molecule has 0 saturated carbocycles. The van der Waals surface area contributed by atoms with Gasteiger partial charge in [0.2, 0.25) is 5.89 Å². The predicted molar refractivity (Wildman–Crippen MR) is 52.3 cm³/mol. The van der Waals surface area contributed by atoms with Gasteiger partial charge in [0.15, 0.2) is 5.82 Å². The van der Waals surface area contributed by atoms with Gasteiger partial charge in [-0.1, -0.05) is 12.1 Å².